The van der Waals surface area contributed by atoms with Gasteiger partial charge in [0.05, 0.1) is 22.7 Å². The van der Waals surface area contributed by atoms with Crippen LogP contribution in [-0.2, 0) is 6.42 Å². The summed E-state index contributed by atoms with van der Waals surface area (Å²) < 4.78 is 0. The molecule has 7 aromatic rings. The number of rotatable bonds is 14. The van der Waals surface area contributed by atoms with Crippen molar-refractivity contribution in [1.29, 1.82) is 0 Å². The molecule has 0 aliphatic rings. The number of azo groups is 2. The summed E-state index contributed by atoms with van der Waals surface area (Å²) in [6.45, 7) is 6.61. The smallest absolute Gasteiger partial charge is 0.212 e. The topological polar surface area (TPSA) is 90.5 Å². The van der Waals surface area contributed by atoms with E-state index in [0.29, 0.717) is 6.04 Å². The standard InChI is InChI=1S/C44H44N8S/c1-5-7-8-13-31-18-20-32(21-19-31)43-50-51-44(53-43)52(4)34-24-22-33(23-25-34)46-47-40-28-29-42(38-17-12-11-16-37(38)40)49-48-41-27-26-39(45-30(3)6-2)35-14-9-10-15-36(35)41/h9-12,14-30,45H,5-8,13H2,1-4H3. The zero-order valence-corrected chi connectivity index (χ0v) is 31.5. The maximum Gasteiger partial charge on any atom is 0.212 e. The van der Waals surface area contributed by atoms with Gasteiger partial charge in [-0.15, -0.1) is 25.5 Å². The number of hydrogen-bond acceptors (Lipinski definition) is 9. The predicted octanol–water partition coefficient (Wildman–Crippen LogP) is 14.1. The molecule has 0 fully saturated rings. The maximum absolute atomic E-state index is 4.73. The highest BCUT2D eigenvalue weighted by Crippen LogP contribution is 2.38. The fraction of sp³-hybridized carbons (Fsp3) is 0.227. The second-order valence-corrected chi connectivity index (χ2v) is 14.3. The van der Waals surface area contributed by atoms with Gasteiger partial charge in [-0.2, -0.15) is 5.11 Å². The number of nitrogens with one attached hydrogen (secondary N) is 1. The maximum atomic E-state index is 4.73. The molecule has 1 N–H and O–H groups in total. The van der Waals surface area contributed by atoms with Crippen LogP contribution in [0.2, 0.25) is 0 Å². The first kappa shape index (κ1) is 35.6. The molecule has 0 saturated heterocycles. The lowest BCUT2D eigenvalue weighted by Crippen LogP contribution is -2.13. The molecule has 53 heavy (non-hydrogen) atoms. The van der Waals surface area contributed by atoms with Gasteiger partial charge in [0.2, 0.25) is 5.13 Å². The van der Waals surface area contributed by atoms with Crippen LogP contribution < -0.4 is 10.2 Å². The van der Waals surface area contributed by atoms with Crippen LogP contribution in [0.15, 0.2) is 142 Å². The Kier molecular flexibility index (Phi) is 11.2. The van der Waals surface area contributed by atoms with Crippen LogP contribution in [0.25, 0.3) is 32.1 Å². The van der Waals surface area contributed by atoms with Gasteiger partial charge in [-0.05, 0) is 80.3 Å². The van der Waals surface area contributed by atoms with E-state index in [4.69, 9.17) is 10.2 Å². The Morgan fingerprint density at radius 3 is 1.85 bits per heavy atom. The summed E-state index contributed by atoms with van der Waals surface area (Å²) in [5.41, 5.74) is 7.68. The van der Waals surface area contributed by atoms with Crippen molar-refractivity contribution in [1.82, 2.24) is 10.2 Å². The van der Waals surface area contributed by atoms with Gasteiger partial charge in [-0.1, -0.05) is 111 Å². The van der Waals surface area contributed by atoms with E-state index in [1.807, 2.05) is 84.7 Å². The Labute approximate surface area is 315 Å². The molecule has 0 aliphatic carbocycles. The number of fused-ring (bicyclic) bond motifs is 2. The Morgan fingerprint density at radius 2 is 1.23 bits per heavy atom. The van der Waals surface area contributed by atoms with Crippen molar-refractivity contribution in [3.8, 4) is 10.6 Å². The number of benzene rings is 6. The summed E-state index contributed by atoms with van der Waals surface area (Å²) in [7, 11) is 2.01. The van der Waals surface area contributed by atoms with Crippen LogP contribution in [0.4, 0.5) is 39.3 Å². The van der Waals surface area contributed by atoms with E-state index in [0.717, 1.165) is 84.2 Å². The Morgan fingerprint density at radius 1 is 0.642 bits per heavy atom. The van der Waals surface area contributed by atoms with Gasteiger partial charge in [-0.3, -0.25) is 0 Å². The third-order valence-electron chi connectivity index (χ3n) is 9.54. The normalized spacial score (nSPS) is 12.3. The summed E-state index contributed by atoms with van der Waals surface area (Å²) in [4.78, 5) is 2.04. The highest BCUT2D eigenvalue weighted by atomic mass is 32.1. The third-order valence-corrected chi connectivity index (χ3v) is 10.6. The van der Waals surface area contributed by atoms with E-state index < -0.39 is 0 Å². The van der Waals surface area contributed by atoms with E-state index >= 15 is 0 Å². The minimum atomic E-state index is 0.379. The van der Waals surface area contributed by atoms with Crippen LogP contribution in [-0.4, -0.2) is 23.3 Å². The largest absolute Gasteiger partial charge is 0.382 e. The molecule has 0 amide bonds. The van der Waals surface area contributed by atoms with Crippen molar-refractivity contribution in [3.63, 3.8) is 0 Å². The van der Waals surface area contributed by atoms with Gasteiger partial charge in [0.1, 0.15) is 5.01 Å². The number of aromatic nitrogens is 2. The van der Waals surface area contributed by atoms with Crippen molar-refractivity contribution < 1.29 is 0 Å². The van der Waals surface area contributed by atoms with Crippen LogP contribution in [0, 0.1) is 0 Å². The molecule has 1 atom stereocenters. The molecule has 266 valence electrons. The quantitative estimate of drug-likeness (QED) is 0.0896. The molecule has 7 rings (SSSR count). The second kappa shape index (κ2) is 16.7. The van der Waals surface area contributed by atoms with Crippen LogP contribution in [0.3, 0.4) is 0 Å². The van der Waals surface area contributed by atoms with E-state index in [-0.39, 0.29) is 0 Å². The zero-order chi connectivity index (χ0) is 36.6. The van der Waals surface area contributed by atoms with E-state index in [1.165, 1.54) is 24.8 Å². The molecule has 9 heteroatoms. The Balaban J connectivity index is 1.05. The van der Waals surface area contributed by atoms with Gasteiger partial charge >= 0.3 is 0 Å². The number of nitrogens with zero attached hydrogens (tertiary/aromatic N) is 7. The highest BCUT2D eigenvalue weighted by Gasteiger charge is 2.13. The fourth-order valence-electron chi connectivity index (χ4n) is 6.24. The summed E-state index contributed by atoms with van der Waals surface area (Å²) in [6.07, 6.45) is 5.90. The molecule has 1 unspecified atom stereocenters. The molecule has 1 heterocycles. The lowest BCUT2D eigenvalue weighted by Gasteiger charge is -2.16. The number of unbranched alkanes of at least 4 members (excludes halogenated alkanes) is 2. The summed E-state index contributed by atoms with van der Waals surface area (Å²) in [6, 6.07) is 41.6. The molecule has 8 nitrogen and oxygen atoms in total. The van der Waals surface area contributed by atoms with Crippen molar-refractivity contribution >= 4 is 72.1 Å². The first-order valence-corrected chi connectivity index (χ1v) is 19.2. The van der Waals surface area contributed by atoms with Crippen LogP contribution in [0.5, 0.6) is 0 Å². The molecule has 0 radical (unpaired) electrons. The molecule has 0 bridgehead atoms. The van der Waals surface area contributed by atoms with Gasteiger partial charge in [0.15, 0.2) is 0 Å². The Hall–Kier alpha value is -5.80. The van der Waals surface area contributed by atoms with Gasteiger partial charge in [0, 0.05) is 51.6 Å². The molecule has 1 aromatic heterocycles. The minimum Gasteiger partial charge on any atom is -0.382 e. The summed E-state index contributed by atoms with van der Waals surface area (Å²) >= 11 is 1.58. The summed E-state index contributed by atoms with van der Waals surface area (Å²) in [5.74, 6) is 0. The number of anilines is 3. The lowest BCUT2D eigenvalue weighted by molar-refractivity contribution is 0.717. The first-order valence-electron chi connectivity index (χ1n) is 18.4. The first-order chi connectivity index (χ1) is 26.0. The second-order valence-electron chi connectivity index (χ2n) is 13.3. The zero-order valence-electron chi connectivity index (χ0n) is 30.7. The molecule has 0 saturated carbocycles. The van der Waals surface area contributed by atoms with E-state index in [9.17, 15) is 0 Å². The molecule has 0 spiro atoms. The van der Waals surface area contributed by atoms with E-state index in [2.05, 4.69) is 95.0 Å². The SMILES string of the molecule is CCCCCc1ccc(-c2nnc(N(C)c3ccc(N=Nc4ccc(N=Nc5ccc(NC(C)CC)c6ccccc56)c5ccccc45)cc3)s2)cc1. The average Bonchev–Trinajstić information content (AvgIpc) is 3.71. The third kappa shape index (κ3) is 8.31. The molecule has 0 aliphatic heterocycles. The minimum absolute atomic E-state index is 0.379. The van der Waals surface area contributed by atoms with Gasteiger partial charge < -0.3 is 10.2 Å². The van der Waals surface area contributed by atoms with Crippen molar-refractivity contribution in [2.45, 2.75) is 58.9 Å². The molecule has 6 aromatic carbocycles. The molecular weight excluding hydrogens is 673 g/mol. The fourth-order valence-corrected chi connectivity index (χ4v) is 7.07. The van der Waals surface area contributed by atoms with Crippen molar-refractivity contribution in [2.75, 3.05) is 17.3 Å². The monoisotopic (exact) mass is 716 g/mol. The Bertz CT molecular complexity index is 2360. The lowest BCUT2D eigenvalue weighted by atomic mass is 10.1. The van der Waals surface area contributed by atoms with Crippen molar-refractivity contribution in [3.05, 3.63) is 127 Å². The molecular formula is C44H44N8S. The van der Waals surface area contributed by atoms with Crippen LogP contribution >= 0.6 is 11.3 Å². The number of aryl methyl sites for hydroxylation is 1. The highest BCUT2D eigenvalue weighted by molar-refractivity contribution is 7.18. The number of hydrogen-bond donors (Lipinski definition) is 1. The summed E-state index contributed by atoms with van der Waals surface area (Å²) in [5, 5.41) is 37.1. The average molecular weight is 717 g/mol. The van der Waals surface area contributed by atoms with Crippen LogP contribution in [0.1, 0.15) is 52.0 Å². The van der Waals surface area contributed by atoms with Crippen molar-refractivity contribution in [2.24, 2.45) is 20.5 Å². The van der Waals surface area contributed by atoms with Gasteiger partial charge in [-0.25, -0.2) is 0 Å². The predicted molar refractivity (Wildman–Crippen MR) is 223 cm³/mol. The van der Waals surface area contributed by atoms with Gasteiger partial charge in [0.25, 0.3) is 0 Å². The van der Waals surface area contributed by atoms with E-state index in [1.54, 1.807) is 11.3 Å².